The Kier molecular flexibility index (Phi) is 2.35. The monoisotopic (exact) mass is 298 g/mol. The molecule has 0 radical (unpaired) electrons. The molecule has 0 saturated carbocycles. The second-order valence-corrected chi connectivity index (χ2v) is 0. The molecule has 0 aliphatic heterocycles. The van der Waals surface area contributed by atoms with Crippen LogP contribution in [0.5, 0.6) is 0 Å². The topological polar surface area (TPSA) is 90.0 Å². The maximum absolute atomic E-state index is 0. The molecule has 0 aromatic heterocycles. The molecule has 0 heterocycles. The van der Waals surface area contributed by atoms with E-state index in [-0.39, 0.29) is 16.4 Å². The normalized spacial score (nSPS) is 0. The van der Waals surface area contributed by atoms with Crippen LogP contribution in [0.25, 0.3) is 0 Å². The van der Waals surface area contributed by atoms with Crippen LogP contribution in [0.2, 0.25) is 0 Å². The van der Waals surface area contributed by atoms with Gasteiger partial charge < -0.3 is 16.4 Å². The number of hydrogen-bond donors (Lipinski definition) is 0. The summed E-state index contributed by atoms with van der Waals surface area (Å²) in [5.74, 6) is 0. The van der Waals surface area contributed by atoms with E-state index >= 15 is 0 Å². The number of rotatable bonds is 0. The van der Waals surface area contributed by atoms with E-state index in [2.05, 4.69) is 0 Å². The number of hydrogen-bond acceptors (Lipinski definition) is 3. The molecule has 0 aromatic rings. The van der Waals surface area contributed by atoms with Crippen LogP contribution in [0.15, 0.2) is 0 Å². The zero-order valence-corrected chi connectivity index (χ0v) is 4.45. The minimum absolute atomic E-state index is 0. The SMILES string of the molecule is [Bk+3].[OH-].[OH-].[OH-]. The molecule has 0 aliphatic rings. The molecule has 3 N–H and O–H groups in total. The van der Waals surface area contributed by atoms with E-state index in [1.807, 2.05) is 0 Å². The fourth-order valence-corrected chi connectivity index (χ4v) is 0. The van der Waals surface area contributed by atoms with Crippen LogP contribution in [0.4, 0.5) is 0 Å². The summed E-state index contributed by atoms with van der Waals surface area (Å²) in [4.78, 5) is 0. The summed E-state index contributed by atoms with van der Waals surface area (Å²) in [6.07, 6.45) is 0. The van der Waals surface area contributed by atoms with Gasteiger partial charge in [-0.05, 0) is 0 Å². The standard InChI is InChI=1S/Bk.3H2O/h;3*1H2/q+3;;;/p-3. The van der Waals surface area contributed by atoms with Gasteiger partial charge in [-0.2, -0.15) is 0 Å². The summed E-state index contributed by atoms with van der Waals surface area (Å²) in [7, 11) is 0. The van der Waals surface area contributed by atoms with Crippen molar-refractivity contribution in [2.75, 3.05) is 0 Å². The Bertz CT molecular complexity index is 3.25. The molecule has 4 heavy (non-hydrogen) atoms. The van der Waals surface area contributed by atoms with Gasteiger partial charge in [0.1, 0.15) is 0 Å². The first-order valence-electron chi connectivity index (χ1n) is 0. The van der Waals surface area contributed by atoms with E-state index in [0.717, 1.165) is 0 Å². The zero-order chi connectivity index (χ0) is 0. The van der Waals surface area contributed by atoms with Gasteiger partial charge in [-0.1, -0.05) is 0 Å². The fraction of sp³-hybridized carbons (Fsp3) is 0. The maximum Gasteiger partial charge on any atom is 3.00 e. The Balaban J connectivity index is 0. The average molecular weight is 298 g/mol. The molecule has 0 bridgehead atoms. The second kappa shape index (κ2) is 1.16. The molecule has 0 atom stereocenters. The van der Waals surface area contributed by atoms with Crippen molar-refractivity contribution in [1.82, 2.24) is 0 Å². The van der Waals surface area contributed by atoms with Gasteiger partial charge in [0.2, 0.25) is 0 Å². The molecule has 0 unspecified atom stereocenters. The second-order valence-electron chi connectivity index (χ2n) is 0. The van der Waals surface area contributed by atoms with Crippen LogP contribution in [-0.2, 0) is 0 Å². The summed E-state index contributed by atoms with van der Waals surface area (Å²) in [5.41, 5.74) is 0. The predicted octanol–water partition coefficient (Wildman–Crippen LogP) is -0.530. The molecule has 0 amide bonds. The zero-order valence-electron chi connectivity index (χ0n) is 1.67. The summed E-state index contributed by atoms with van der Waals surface area (Å²) in [6.45, 7) is 0. The van der Waals surface area contributed by atoms with Crippen LogP contribution in [0.1, 0.15) is 0 Å². The molecule has 4 heteroatoms. The molecular weight excluding hydrogens is 295 g/mol. The van der Waals surface area contributed by atoms with Gasteiger partial charge in [0.15, 0.2) is 0 Å². The summed E-state index contributed by atoms with van der Waals surface area (Å²) in [6, 6.07) is 0. The Hall–Kier alpha value is -1.12. The Labute approximate surface area is 17.8 Å². The third kappa shape index (κ3) is 0.0101. The minimum atomic E-state index is 0. The van der Waals surface area contributed by atoms with E-state index in [4.69, 9.17) is 0 Å². The van der Waals surface area contributed by atoms with Gasteiger partial charge in [0.25, 0.3) is 0 Å². The van der Waals surface area contributed by atoms with Gasteiger partial charge >= 0.3 is 0 Å². The van der Waals surface area contributed by atoms with Crippen LogP contribution in [-0.4, -0.2) is 16.4 Å². The van der Waals surface area contributed by atoms with E-state index in [0.29, 0.717) is 0 Å². The van der Waals surface area contributed by atoms with Crippen molar-refractivity contribution in [2.45, 2.75) is 0 Å². The van der Waals surface area contributed by atoms with Crippen molar-refractivity contribution in [1.29, 1.82) is 0 Å². The quantitative estimate of drug-likeness (QED) is 0.602. The van der Waals surface area contributed by atoms with Crippen molar-refractivity contribution in [3.05, 3.63) is 0 Å². The molecule has 30 valence electrons. The third-order valence-corrected chi connectivity index (χ3v) is 0. The Morgan fingerprint density at radius 1 is 0.500 bits per heavy atom. The first kappa shape index (κ1) is 8.11. The maximum atomic E-state index is 0. The minimum Gasteiger partial charge on any atom is -0.870 e. The van der Waals surface area contributed by atoms with E-state index < -0.39 is 0 Å². The summed E-state index contributed by atoms with van der Waals surface area (Å²) in [5, 5.41) is 0. The van der Waals surface area contributed by atoms with Crippen molar-refractivity contribution in [3.63, 3.8) is 0 Å². The van der Waals surface area contributed by atoms with Crippen LogP contribution in [0.3, 0.4) is 0 Å². The van der Waals surface area contributed by atoms with E-state index in [1.54, 1.807) is 0 Å². The van der Waals surface area contributed by atoms with Crippen molar-refractivity contribution in [3.8, 4) is 0 Å². The van der Waals surface area contributed by atoms with Gasteiger partial charge in [-0.3, -0.25) is 0 Å². The van der Waals surface area contributed by atoms with Gasteiger partial charge in [-0.25, -0.2) is 0 Å². The van der Waals surface area contributed by atoms with Crippen molar-refractivity contribution in [2.24, 2.45) is 0 Å². The largest absolute Gasteiger partial charge is 3.00 e. The van der Waals surface area contributed by atoms with Gasteiger partial charge in [-0.15, -0.1) is 0 Å². The van der Waals surface area contributed by atoms with Crippen LogP contribution in [0, 0.1) is 0 Å². The summed E-state index contributed by atoms with van der Waals surface area (Å²) < 4.78 is 0. The molecule has 0 aromatic carbocycles. The third-order valence-electron chi connectivity index (χ3n) is 0. The molecule has 0 rings (SSSR count). The predicted molar refractivity (Wildman–Crippen MR) is 5.81 cm³/mol. The molecular formula is H3BkO3. The van der Waals surface area contributed by atoms with Crippen molar-refractivity contribution >= 4 is 0 Å². The van der Waals surface area contributed by atoms with E-state index in [9.17, 15) is 0 Å². The van der Waals surface area contributed by atoms with Crippen molar-refractivity contribution < 1.29 is 16.4 Å². The Morgan fingerprint density at radius 2 is 0.500 bits per heavy atom. The molecule has 0 saturated heterocycles. The van der Waals surface area contributed by atoms with Gasteiger partial charge in [0.05, 0.1) is 0 Å². The average Bonchev–Trinajstić information content (AvgIpc) is 0. The van der Waals surface area contributed by atoms with Crippen LogP contribution < -0.4 is 0 Å². The molecule has 0 spiro atoms. The smallest absolute Gasteiger partial charge is 0.870 e. The first-order chi connectivity index (χ1) is 0. The molecule has 0 fully saturated rings. The van der Waals surface area contributed by atoms with Crippen LogP contribution >= 0.6 is 0 Å². The van der Waals surface area contributed by atoms with Gasteiger partial charge in [0, 0.05) is 0 Å². The molecule has 3 nitrogen and oxygen atoms in total. The first-order valence-corrected chi connectivity index (χ1v) is 0. The Morgan fingerprint density at radius 3 is 0.500 bits per heavy atom. The molecule has 0 aliphatic carbocycles. The fourth-order valence-electron chi connectivity index (χ4n) is 0. The summed E-state index contributed by atoms with van der Waals surface area (Å²) >= 11 is 0. The van der Waals surface area contributed by atoms with E-state index in [1.165, 1.54) is 0 Å².